The molecule has 0 aliphatic rings. The van der Waals surface area contributed by atoms with Gasteiger partial charge in [-0.05, 0) is 74.2 Å². The average molecular weight is 553 g/mol. The summed E-state index contributed by atoms with van der Waals surface area (Å²) in [6.07, 6.45) is 0. The first kappa shape index (κ1) is 27.8. The van der Waals surface area contributed by atoms with Gasteiger partial charge in [0.25, 0.3) is 0 Å². The standard InChI is InChI=1S/C36H28N2O4/c1-23-13-5-9-17-29(23)39-33-27(21-37)28(22-38)34(40-30-18-10-6-14-24(30)2)36(42-32-20-12-8-16-26(32)4)35(33)41-31-19-11-7-15-25(31)3/h5-20H,1-4H3. The Bertz CT molecular complexity index is 1730. The molecule has 42 heavy (non-hydrogen) atoms. The zero-order valence-corrected chi connectivity index (χ0v) is 23.8. The summed E-state index contributed by atoms with van der Waals surface area (Å²) < 4.78 is 26.0. The third-order valence-electron chi connectivity index (χ3n) is 6.77. The van der Waals surface area contributed by atoms with E-state index >= 15 is 0 Å². The second kappa shape index (κ2) is 12.2. The third kappa shape index (κ3) is 5.61. The number of hydrogen-bond acceptors (Lipinski definition) is 6. The highest BCUT2D eigenvalue weighted by atomic mass is 16.6. The number of nitrogens with zero attached hydrogens (tertiary/aromatic N) is 2. The van der Waals surface area contributed by atoms with E-state index in [-0.39, 0.29) is 34.1 Å². The fraction of sp³-hybridized carbons (Fsp3) is 0.111. The molecule has 5 aromatic carbocycles. The second-order valence-electron chi connectivity index (χ2n) is 9.76. The van der Waals surface area contributed by atoms with Crippen molar-refractivity contribution in [3.05, 3.63) is 130 Å². The Hall–Kier alpha value is -5.72. The van der Waals surface area contributed by atoms with Crippen LogP contribution in [0.1, 0.15) is 33.4 Å². The number of para-hydroxylation sites is 4. The number of nitriles is 2. The minimum atomic E-state index is -0.0370. The highest BCUT2D eigenvalue weighted by molar-refractivity contribution is 5.76. The van der Waals surface area contributed by atoms with Crippen molar-refractivity contribution in [2.24, 2.45) is 0 Å². The molecule has 0 unspecified atom stereocenters. The molecule has 0 spiro atoms. The number of aryl methyl sites for hydroxylation is 4. The molecule has 0 aromatic heterocycles. The van der Waals surface area contributed by atoms with Crippen molar-refractivity contribution in [3.8, 4) is 58.1 Å². The molecular formula is C36H28N2O4. The number of ether oxygens (including phenoxy) is 4. The summed E-state index contributed by atoms with van der Waals surface area (Å²) in [5, 5.41) is 20.9. The van der Waals surface area contributed by atoms with Crippen LogP contribution in [0.15, 0.2) is 97.1 Å². The molecule has 0 aliphatic heterocycles. The number of rotatable bonds is 8. The van der Waals surface area contributed by atoms with Crippen LogP contribution in [0.25, 0.3) is 0 Å². The summed E-state index contributed by atoms with van der Waals surface area (Å²) in [6.45, 7) is 7.63. The zero-order valence-electron chi connectivity index (χ0n) is 23.8. The molecule has 0 saturated carbocycles. The maximum absolute atomic E-state index is 10.5. The Balaban J connectivity index is 1.87. The number of hydrogen-bond donors (Lipinski definition) is 0. The van der Waals surface area contributed by atoms with Crippen molar-refractivity contribution in [1.82, 2.24) is 0 Å². The molecule has 0 saturated heterocycles. The topological polar surface area (TPSA) is 84.5 Å². The van der Waals surface area contributed by atoms with Gasteiger partial charge < -0.3 is 18.9 Å². The van der Waals surface area contributed by atoms with Crippen molar-refractivity contribution in [2.75, 3.05) is 0 Å². The van der Waals surface area contributed by atoms with E-state index in [1.165, 1.54) is 0 Å². The van der Waals surface area contributed by atoms with E-state index in [0.717, 1.165) is 22.3 Å². The van der Waals surface area contributed by atoms with Gasteiger partial charge in [0.2, 0.25) is 11.5 Å². The Labute approximate surface area is 245 Å². The molecule has 6 nitrogen and oxygen atoms in total. The van der Waals surface area contributed by atoms with E-state index < -0.39 is 0 Å². The van der Waals surface area contributed by atoms with Crippen molar-refractivity contribution in [2.45, 2.75) is 27.7 Å². The number of benzene rings is 5. The molecule has 0 atom stereocenters. The predicted molar refractivity (Wildman–Crippen MR) is 161 cm³/mol. The van der Waals surface area contributed by atoms with E-state index in [1.807, 2.05) is 113 Å². The average Bonchev–Trinajstić information content (AvgIpc) is 2.99. The van der Waals surface area contributed by atoms with Gasteiger partial charge >= 0.3 is 0 Å². The first-order valence-electron chi connectivity index (χ1n) is 13.4. The normalized spacial score (nSPS) is 10.3. The van der Waals surface area contributed by atoms with E-state index in [9.17, 15) is 10.5 Å². The largest absolute Gasteiger partial charge is 0.452 e. The monoisotopic (exact) mass is 552 g/mol. The van der Waals surface area contributed by atoms with E-state index in [4.69, 9.17) is 18.9 Å². The summed E-state index contributed by atoms with van der Waals surface area (Å²) in [7, 11) is 0. The summed E-state index contributed by atoms with van der Waals surface area (Å²) in [4.78, 5) is 0. The lowest BCUT2D eigenvalue weighted by Crippen LogP contribution is -2.04. The Morgan fingerprint density at radius 2 is 0.619 bits per heavy atom. The van der Waals surface area contributed by atoms with Crippen LogP contribution in [0.3, 0.4) is 0 Å². The van der Waals surface area contributed by atoms with Crippen LogP contribution >= 0.6 is 0 Å². The van der Waals surface area contributed by atoms with Crippen LogP contribution in [0, 0.1) is 50.4 Å². The summed E-state index contributed by atoms with van der Waals surface area (Å²) in [5.41, 5.74) is 3.30. The van der Waals surface area contributed by atoms with E-state index in [0.29, 0.717) is 23.0 Å². The van der Waals surface area contributed by atoms with E-state index in [1.54, 1.807) is 12.1 Å². The smallest absolute Gasteiger partial charge is 0.217 e. The first-order chi connectivity index (χ1) is 20.4. The van der Waals surface area contributed by atoms with Gasteiger partial charge in [0, 0.05) is 0 Å². The predicted octanol–water partition coefficient (Wildman–Crippen LogP) is 9.83. The Morgan fingerprint density at radius 3 is 0.857 bits per heavy atom. The fourth-order valence-electron chi connectivity index (χ4n) is 4.38. The quantitative estimate of drug-likeness (QED) is 0.190. The lowest BCUT2D eigenvalue weighted by molar-refractivity contribution is 0.362. The fourth-order valence-corrected chi connectivity index (χ4v) is 4.38. The summed E-state index contributed by atoms with van der Waals surface area (Å²) in [6, 6.07) is 34.2. The molecule has 0 N–H and O–H groups in total. The Kier molecular flexibility index (Phi) is 8.09. The molecule has 6 heteroatoms. The molecule has 5 rings (SSSR count). The molecule has 0 amide bonds. The molecule has 0 fully saturated rings. The van der Waals surface area contributed by atoms with Crippen LogP contribution in [-0.4, -0.2) is 0 Å². The molecular weight excluding hydrogens is 524 g/mol. The Morgan fingerprint density at radius 1 is 0.381 bits per heavy atom. The lowest BCUT2D eigenvalue weighted by Gasteiger charge is -2.23. The maximum Gasteiger partial charge on any atom is 0.217 e. The first-order valence-corrected chi connectivity index (χ1v) is 13.4. The van der Waals surface area contributed by atoms with Crippen molar-refractivity contribution in [3.63, 3.8) is 0 Å². The van der Waals surface area contributed by atoms with Gasteiger partial charge in [-0.1, -0.05) is 72.8 Å². The van der Waals surface area contributed by atoms with Crippen LogP contribution in [-0.2, 0) is 0 Å². The summed E-state index contributed by atoms with van der Waals surface area (Å²) in [5.74, 6) is 2.36. The molecule has 206 valence electrons. The molecule has 0 aliphatic carbocycles. The van der Waals surface area contributed by atoms with Gasteiger partial charge in [0.15, 0.2) is 11.5 Å². The van der Waals surface area contributed by atoms with Crippen LogP contribution in [0.2, 0.25) is 0 Å². The van der Waals surface area contributed by atoms with Gasteiger partial charge in [-0.25, -0.2) is 0 Å². The van der Waals surface area contributed by atoms with Gasteiger partial charge in [-0.2, -0.15) is 10.5 Å². The minimum Gasteiger partial charge on any atom is -0.452 e. The van der Waals surface area contributed by atoms with Gasteiger partial charge in [0.05, 0.1) is 0 Å². The van der Waals surface area contributed by atoms with Gasteiger partial charge in [-0.3, -0.25) is 0 Å². The third-order valence-corrected chi connectivity index (χ3v) is 6.77. The second-order valence-corrected chi connectivity index (χ2v) is 9.76. The highest BCUT2D eigenvalue weighted by Crippen LogP contribution is 2.55. The molecule has 0 heterocycles. The van der Waals surface area contributed by atoms with E-state index in [2.05, 4.69) is 12.1 Å². The van der Waals surface area contributed by atoms with Gasteiger partial charge in [0.1, 0.15) is 46.3 Å². The molecule has 0 radical (unpaired) electrons. The maximum atomic E-state index is 10.5. The minimum absolute atomic E-state index is 0.0370. The molecule has 5 aromatic rings. The lowest BCUT2D eigenvalue weighted by atomic mass is 10.0. The van der Waals surface area contributed by atoms with Crippen molar-refractivity contribution >= 4 is 0 Å². The summed E-state index contributed by atoms with van der Waals surface area (Å²) >= 11 is 0. The van der Waals surface area contributed by atoms with Crippen molar-refractivity contribution in [1.29, 1.82) is 10.5 Å². The van der Waals surface area contributed by atoms with Crippen LogP contribution in [0.4, 0.5) is 0 Å². The van der Waals surface area contributed by atoms with Crippen LogP contribution < -0.4 is 18.9 Å². The van der Waals surface area contributed by atoms with Crippen LogP contribution in [0.5, 0.6) is 46.0 Å². The highest BCUT2D eigenvalue weighted by Gasteiger charge is 2.32. The van der Waals surface area contributed by atoms with Crippen molar-refractivity contribution < 1.29 is 18.9 Å². The van der Waals surface area contributed by atoms with Gasteiger partial charge in [-0.15, -0.1) is 0 Å². The zero-order chi connectivity index (χ0) is 29.6. The molecule has 0 bridgehead atoms. The SMILES string of the molecule is Cc1ccccc1Oc1c(C#N)c(C#N)c(Oc2ccccc2C)c(Oc2ccccc2C)c1Oc1ccccc1C.